The highest BCUT2D eigenvalue weighted by molar-refractivity contribution is 5.65. The second kappa shape index (κ2) is 7.25. The average Bonchev–Trinajstić information content (AvgIpc) is 2.35. The van der Waals surface area contributed by atoms with Gasteiger partial charge in [0.25, 0.3) is 0 Å². The van der Waals surface area contributed by atoms with Crippen LogP contribution in [-0.2, 0) is 0 Å². The lowest BCUT2D eigenvalue weighted by Crippen LogP contribution is -2.24. The van der Waals surface area contributed by atoms with Gasteiger partial charge in [-0.3, -0.25) is 0 Å². The molecule has 0 heterocycles. The van der Waals surface area contributed by atoms with Crippen molar-refractivity contribution in [1.29, 1.82) is 0 Å². The van der Waals surface area contributed by atoms with Crippen molar-refractivity contribution in [3.63, 3.8) is 0 Å². The van der Waals surface area contributed by atoms with E-state index in [-0.39, 0.29) is 12.6 Å². The van der Waals surface area contributed by atoms with Crippen LogP contribution in [0.25, 0.3) is 5.57 Å². The van der Waals surface area contributed by atoms with Gasteiger partial charge in [0.15, 0.2) is 0 Å². The predicted molar refractivity (Wildman–Crippen MR) is 73.6 cm³/mol. The third-order valence-electron chi connectivity index (χ3n) is 2.70. The van der Waals surface area contributed by atoms with Gasteiger partial charge >= 0.3 is 0 Å². The molecule has 2 heteroatoms. The third kappa shape index (κ3) is 5.16. The van der Waals surface area contributed by atoms with Crippen LogP contribution in [-0.4, -0.2) is 17.8 Å². The normalized spacial score (nSPS) is 14.1. The van der Waals surface area contributed by atoms with Gasteiger partial charge in [-0.1, -0.05) is 50.3 Å². The summed E-state index contributed by atoms with van der Waals surface area (Å²) in [6.45, 7) is 4.43. The van der Waals surface area contributed by atoms with Crippen LogP contribution in [0.1, 0.15) is 32.3 Å². The lowest BCUT2D eigenvalue weighted by molar-refractivity contribution is 0.267. The fourth-order valence-corrected chi connectivity index (χ4v) is 1.70. The largest absolute Gasteiger partial charge is 0.395 e. The summed E-state index contributed by atoms with van der Waals surface area (Å²) in [6, 6.07) is 10.1. The van der Waals surface area contributed by atoms with Crippen molar-refractivity contribution in [2.75, 3.05) is 6.61 Å². The monoisotopic (exact) mass is 233 g/mol. The van der Waals surface area contributed by atoms with Gasteiger partial charge in [0.05, 0.1) is 6.61 Å². The molecular weight excluding hydrogens is 210 g/mol. The molecule has 0 spiro atoms. The van der Waals surface area contributed by atoms with Gasteiger partial charge in [0.1, 0.15) is 0 Å². The van der Waals surface area contributed by atoms with E-state index in [9.17, 15) is 0 Å². The standard InChI is InChI=1S/C15H23NO/c1-12(2)8-9-14(10-15(16)11-17)13-6-4-3-5-7-13/h3-7,9,12,15,17H,8,10-11,16H2,1-2H3/b14-9-. The Morgan fingerprint density at radius 3 is 2.47 bits per heavy atom. The summed E-state index contributed by atoms with van der Waals surface area (Å²) in [4.78, 5) is 0. The van der Waals surface area contributed by atoms with Gasteiger partial charge < -0.3 is 10.8 Å². The molecule has 0 bridgehead atoms. The van der Waals surface area contributed by atoms with Crippen LogP contribution >= 0.6 is 0 Å². The van der Waals surface area contributed by atoms with Crippen LogP contribution in [0.3, 0.4) is 0 Å². The van der Waals surface area contributed by atoms with Gasteiger partial charge in [-0.2, -0.15) is 0 Å². The molecule has 1 atom stereocenters. The summed E-state index contributed by atoms with van der Waals surface area (Å²) in [6.07, 6.45) is 4.02. The molecule has 1 unspecified atom stereocenters. The second-order valence-electron chi connectivity index (χ2n) is 4.87. The fraction of sp³-hybridized carbons (Fsp3) is 0.467. The number of aliphatic hydroxyl groups is 1. The number of hydrogen-bond acceptors (Lipinski definition) is 2. The molecule has 0 aromatic heterocycles. The van der Waals surface area contributed by atoms with Crippen molar-refractivity contribution in [2.45, 2.75) is 32.7 Å². The number of nitrogens with two attached hydrogens (primary N) is 1. The lowest BCUT2D eigenvalue weighted by Gasteiger charge is -2.13. The molecule has 17 heavy (non-hydrogen) atoms. The van der Waals surface area contributed by atoms with E-state index in [1.807, 2.05) is 18.2 Å². The van der Waals surface area contributed by atoms with Crippen LogP contribution < -0.4 is 5.73 Å². The summed E-state index contributed by atoms with van der Waals surface area (Å²) in [5.41, 5.74) is 8.27. The van der Waals surface area contributed by atoms with E-state index in [0.717, 1.165) is 12.8 Å². The highest BCUT2D eigenvalue weighted by atomic mass is 16.3. The van der Waals surface area contributed by atoms with Gasteiger partial charge in [-0.05, 0) is 29.9 Å². The van der Waals surface area contributed by atoms with Crippen molar-refractivity contribution in [2.24, 2.45) is 11.7 Å². The van der Waals surface area contributed by atoms with Crippen molar-refractivity contribution >= 4 is 5.57 Å². The first-order valence-corrected chi connectivity index (χ1v) is 6.24. The van der Waals surface area contributed by atoms with E-state index in [2.05, 4.69) is 32.1 Å². The van der Waals surface area contributed by atoms with E-state index in [0.29, 0.717) is 5.92 Å². The summed E-state index contributed by atoms with van der Waals surface area (Å²) in [5.74, 6) is 0.638. The van der Waals surface area contributed by atoms with Gasteiger partial charge in [0.2, 0.25) is 0 Å². The average molecular weight is 233 g/mol. The van der Waals surface area contributed by atoms with E-state index >= 15 is 0 Å². The Hall–Kier alpha value is -1.12. The molecule has 0 fully saturated rings. The maximum atomic E-state index is 9.06. The highest BCUT2D eigenvalue weighted by Crippen LogP contribution is 2.21. The number of hydrogen-bond donors (Lipinski definition) is 2. The highest BCUT2D eigenvalue weighted by Gasteiger charge is 2.07. The van der Waals surface area contributed by atoms with Crippen LogP contribution in [0.15, 0.2) is 36.4 Å². The zero-order chi connectivity index (χ0) is 12.7. The van der Waals surface area contributed by atoms with E-state index in [1.165, 1.54) is 11.1 Å². The van der Waals surface area contributed by atoms with Crippen LogP contribution in [0.2, 0.25) is 0 Å². The van der Waals surface area contributed by atoms with E-state index in [1.54, 1.807) is 0 Å². The molecule has 0 aliphatic carbocycles. The van der Waals surface area contributed by atoms with Crippen LogP contribution in [0, 0.1) is 5.92 Å². The quantitative estimate of drug-likeness (QED) is 0.793. The zero-order valence-electron chi connectivity index (χ0n) is 10.8. The molecule has 0 aliphatic heterocycles. The SMILES string of the molecule is CC(C)C/C=C(/CC(N)CO)c1ccccc1. The number of aliphatic hydroxyl groups excluding tert-OH is 1. The van der Waals surface area contributed by atoms with Gasteiger partial charge in [0, 0.05) is 6.04 Å². The van der Waals surface area contributed by atoms with E-state index < -0.39 is 0 Å². The Labute approximate surface area is 104 Å². The minimum absolute atomic E-state index is 0.0336. The number of allylic oxidation sites excluding steroid dienone is 1. The molecule has 3 N–H and O–H groups in total. The van der Waals surface area contributed by atoms with Crippen LogP contribution in [0.5, 0.6) is 0 Å². The second-order valence-corrected chi connectivity index (χ2v) is 4.87. The van der Waals surface area contributed by atoms with Crippen LogP contribution in [0.4, 0.5) is 0 Å². The van der Waals surface area contributed by atoms with Crippen molar-refractivity contribution in [1.82, 2.24) is 0 Å². The lowest BCUT2D eigenvalue weighted by atomic mass is 9.96. The topological polar surface area (TPSA) is 46.2 Å². The Balaban J connectivity index is 2.83. The zero-order valence-corrected chi connectivity index (χ0v) is 10.8. The summed E-state index contributed by atoms with van der Waals surface area (Å²) in [5, 5.41) is 9.06. The fourth-order valence-electron chi connectivity index (χ4n) is 1.70. The maximum Gasteiger partial charge on any atom is 0.0585 e. The Kier molecular flexibility index (Phi) is 5.95. The van der Waals surface area contributed by atoms with Crippen molar-refractivity contribution < 1.29 is 5.11 Å². The number of rotatable bonds is 6. The third-order valence-corrected chi connectivity index (χ3v) is 2.70. The molecule has 0 radical (unpaired) electrons. The maximum absolute atomic E-state index is 9.06. The first kappa shape index (κ1) is 13.9. The summed E-state index contributed by atoms with van der Waals surface area (Å²) in [7, 11) is 0. The van der Waals surface area contributed by atoms with Crippen molar-refractivity contribution in [3.8, 4) is 0 Å². The van der Waals surface area contributed by atoms with Gasteiger partial charge in [-0.25, -0.2) is 0 Å². The molecule has 94 valence electrons. The molecule has 1 aromatic carbocycles. The summed E-state index contributed by atoms with van der Waals surface area (Å²) < 4.78 is 0. The minimum Gasteiger partial charge on any atom is -0.395 e. The Morgan fingerprint density at radius 2 is 1.94 bits per heavy atom. The molecule has 0 saturated heterocycles. The molecule has 2 nitrogen and oxygen atoms in total. The Bertz CT molecular complexity index is 343. The predicted octanol–water partition coefficient (Wildman–Crippen LogP) is 2.83. The summed E-state index contributed by atoms with van der Waals surface area (Å²) >= 11 is 0. The first-order chi connectivity index (χ1) is 8.13. The first-order valence-electron chi connectivity index (χ1n) is 6.24. The molecule has 0 saturated carbocycles. The minimum atomic E-state index is -0.173. The van der Waals surface area contributed by atoms with Crippen molar-refractivity contribution in [3.05, 3.63) is 42.0 Å². The smallest absolute Gasteiger partial charge is 0.0585 e. The Morgan fingerprint density at radius 1 is 1.29 bits per heavy atom. The van der Waals surface area contributed by atoms with Gasteiger partial charge in [-0.15, -0.1) is 0 Å². The molecule has 1 rings (SSSR count). The molecule has 1 aromatic rings. The molecule has 0 amide bonds. The molecule has 0 aliphatic rings. The number of benzene rings is 1. The van der Waals surface area contributed by atoms with E-state index in [4.69, 9.17) is 10.8 Å². The molecular formula is C15H23NO.